The summed E-state index contributed by atoms with van der Waals surface area (Å²) in [6, 6.07) is 6.26. The fraction of sp³-hybridized carbons (Fsp3) is 0.552. The molecule has 3 aliphatic heterocycles. The molecule has 0 spiro atoms. The third-order valence-corrected chi connectivity index (χ3v) is 25.7. The fourth-order valence-corrected chi connectivity index (χ4v) is 15.9. The lowest BCUT2D eigenvalue weighted by Crippen LogP contribution is -2.45. The highest BCUT2D eigenvalue weighted by Crippen LogP contribution is 2.48. The highest BCUT2D eigenvalue weighted by atomic mass is 127. The predicted molar refractivity (Wildman–Crippen MR) is 399 cm³/mol. The highest BCUT2D eigenvalue weighted by Gasteiger charge is 2.46. The van der Waals surface area contributed by atoms with Gasteiger partial charge in [0.2, 0.25) is 0 Å². The Morgan fingerprint density at radius 3 is 1.40 bits per heavy atom. The third kappa shape index (κ3) is 17.3. The Bertz CT molecular complexity index is 4080. The second-order valence-electron chi connectivity index (χ2n) is 28.6. The molecule has 34 heteroatoms. The van der Waals surface area contributed by atoms with Gasteiger partial charge in [0, 0.05) is 67.0 Å². The minimum atomic E-state index is -1.88. The second-order valence-corrected chi connectivity index (χ2v) is 36.7. The van der Waals surface area contributed by atoms with Crippen LogP contribution in [0.3, 0.4) is 0 Å². The Balaban J connectivity index is 0.000000179. The molecule has 550 valence electrons. The average molecular weight is 1700 g/mol. The molecule has 9 heterocycles. The predicted octanol–water partition coefficient (Wildman–Crippen LogP) is 13.9. The molecule has 101 heavy (non-hydrogen) atoms. The van der Waals surface area contributed by atoms with Crippen LogP contribution in [0.2, 0.25) is 28.4 Å². The van der Waals surface area contributed by atoms with E-state index < -0.39 is 78.1 Å². The van der Waals surface area contributed by atoms with Gasteiger partial charge in [0.1, 0.15) is 94.4 Å². The van der Waals surface area contributed by atoms with E-state index in [4.69, 9.17) is 78.1 Å². The number of anilines is 1. The maximum absolute atomic E-state index is 11.9. The summed E-state index contributed by atoms with van der Waals surface area (Å²) < 4.78 is 55.2. The van der Waals surface area contributed by atoms with E-state index in [1.807, 2.05) is 97.5 Å². The number of hydrogen-bond donors (Lipinski definition) is 5. The number of nitro groups is 2. The minimum absolute atomic E-state index is 0.0443. The lowest BCUT2D eigenvalue weighted by molar-refractivity contribution is -0.386. The van der Waals surface area contributed by atoms with Crippen LogP contribution in [0.15, 0.2) is 61.8 Å². The van der Waals surface area contributed by atoms with Crippen molar-refractivity contribution in [3.63, 3.8) is 0 Å². The van der Waals surface area contributed by atoms with Gasteiger partial charge in [-0.3, -0.25) is 20.2 Å². The summed E-state index contributed by atoms with van der Waals surface area (Å²) in [4.78, 5) is 48.6. The molecule has 0 radical (unpaired) electrons. The van der Waals surface area contributed by atoms with Gasteiger partial charge in [0.15, 0.2) is 8.32 Å². The molecule has 11 atom stereocenters. The summed E-state index contributed by atoms with van der Waals surface area (Å²) >= 11 is 22.9. The summed E-state index contributed by atoms with van der Waals surface area (Å²) in [6.07, 6.45) is 6.35. The number of aromatic nitrogens is 9. The molecule has 0 amide bonds. The molecule has 28 nitrogen and oxygen atoms in total. The van der Waals surface area contributed by atoms with E-state index in [0.29, 0.717) is 74.0 Å². The van der Waals surface area contributed by atoms with Crippen LogP contribution in [-0.2, 0) is 47.2 Å². The number of aliphatic hydroxyl groups excluding tert-OH is 4. The smallest absolute Gasteiger partial charge is 0.276 e. The van der Waals surface area contributed by atoms with Gasteiger partial charge in [-0.05, 0) is 98.3 Å². The summed E-state index contributed by atoms with van der Waals surface area (Å²) in [7, 11) is 1.15. The van der Waals surface area contributed by atoms with Crippen LogP contribution in [-0.4, -0.2) is 146 Å². The van der Waals surface area contributed by atoms with Crippen molar-refractivity contribution in [2.75, 3.05) is 33.2 Å². The topological polar surface area (TPSA) is 359 Å². The Labute approximate surface area is 627 Å². The van der Waals surface area contributed by atoms with Gasteiger partial charge in [-0.2, -0.15) is 0 Å². The van der Waals surface area contributed by atoms with Crippen molar-refractivity contribution in [3.8, 4) is 11.5 Å². The summed E-state index contributed by atoms with van der Waals surface area (Å²) in [5.41, 5.74) is 9.84. The number of nitrogen functional groups attached to an aromatic ring is 1. The van der Waals surface area contributed by atoms with Gasteiger partial charge in [0.25, 0.3) is 11.4 Å². The van der Waals surface area contributed by atoms with Crippen molar-refractivity contribution in [3.05, 3.63) is 127 Å². The van der Waals surface area contributed by atoms with Gasteiger partial charge in [0.05, 0.1) is 122 Å². The molecule has 8 aromatic rings. The number of halogens is 5. The van der Waals surface area contributed by atoms with Crippen LogP contribution in [0.25, 0.3) is 33.1 Å². The molecular formula is C67H87Cl3I2N12O16Si. The third-order valence-electron chi connectivity index (χ3n) is 18.6. The van der Waals surface area contributed by atoms with Crippen molar-refractivity contribution in [2.45, 2.75) is 200 Å². The van der Waals surface area contributed by atoms with Crippen molar-refractivity contribution in [2.24, 2.45) is 10.8 Å². The van der Waals surface area contributed by atoms with Crippen LogP contribution in [0.4, 0.5) is 17.2 Å². The normalized spacial score (nSPS) is 21.8. The quantitative estimate of drug-likeness (QED) is 0.0111. The molecule has 6 aromatic heterocycles. The lowest BCUT2D eigenvalue weighted by Gasteiger charge is -2.39. The van der Waals surface area contributed by atoms with E-state index in [1.54, 1.807) is 33.7 Å². The van der Waals surface area contributed by atoms with Crippen molar-refractivity contribution < 1.29 is 67.9 Å². The molecule has 6 N–H and O–H groups in total. The Hall–Kier alpha value is -5.35. The molecule has 3 saturated heterocycles. The number of aliphatic hydroxyl groups is 4. The van der Waals surface area contributed by atoms with Gasteiger partial charge < -0.3 is 77.4 Å². The van der Waals surface area contributed by atoms with E-state index in [-0.39, 0.29) is 85.1 Å². The number of nitrogens with zero attached hydrogens (tertiary/aromatic N) is 11. The highest BCUT2D eigenvalue weighted by molar-refractivity contribution is 14.1. The number of ether oxygens (including phenoxy) is 7. The largest absolute Gasteiger partial charge is 0.496 e. The SMILES string of the molecule is CC[C@H]1O[C@@H](n2cc(CCl)c3c(Cl)ncnc32)C[C@H]1O[Si](C)(C)C(C)(C)C.COc1cc([C@@H](OCc2cn([C@H]3C[C@@H](O)[C@@H](CO)O3)c3ncnc(Cl)c23)C(C)(C)C)c([N+](=O)[O-])cc1I.COc1cc([C@@H](OCc2cn([C@H]3C[C@@H](O)[C@@H](CO)O3)c3ncnc(N)c23)C(C)(C)C)c([N+](=O)[O-])cc1I. The number of hydrogen-bond acceptors (Lipinski definition) is 23. The van der Waals surface area contributed by atoms with Crippen LogP contribution in [0, 0.1) is 38.2 Å². The Kier molecular flexibility index (Phi) is 25.7. The van der Waals surface area contributed by atoms with Gasteiger partial charge in [-0.15, -0.1) is 11.6 Å². The Morgan fingerprint density at radius 2 is 1.02 bits per heavy atom. The molecule has 0 saturated carbocycles. The summed E-state index contributed by atoms with van der Waals surface area (Å²) in [5, 5.41) is 66.1. The first-order valence-electron chi connectivity index (χ1n) is 32.6. The van der Waals surface area contributed by atoms with Crippen LogP contribution < -0.4 is 15.2 Å². The molecule has 0 aliphatic carbocycles. The summed E-state index contributed by atoms with van der Waals surface area (Å²) in [5.74, 6) is 1.63. The number of fused-ring (bicyclic) bond motifs is 3. The molecule has 3 aliphatic rings. The van der Waals surface area contributed by atoms with Crippen molar-refractivity contribution in [1.82, 2.24) is 43.6 Å². The Morgan fingerprint density at radius 1 is 0.634 bits per heavy atom. The average Bonchev–Trinajstić information content (AvgIpc) is 1.67. The molecule has 0 bridgehead atoms. The van der Waals surface area contributed by atoms with Gasteiger partial charge in [-0.1, -0.05) is 92.4 Å². The number of benzene rings is 2. The number of methoxy groups -OCH3 is 2. The minimum Gasteiger partial charge on any atom is -0.496 e. The summed E-state index contributed by atoms with van der Waals surface area (Å²) in [6.45, 7) is 24.6. The number of nitrogens with two attached hydrogens (primary N) is 1. The monoisotopic (exact) mass is 1700 g/mol. The fourth-order valence-electron chi connectivity index (χ4n) is 12.5. The maximum atomic E-state index is 11.9. The van der Waals surface area contributed by atoms with Crippen molar-refractivity contribution in [1.29, 1.82) is 0 Å². The first-order chi connectivity index (χ1) is 47.5. The van der Waals surface area contributed by atoms with E-state index in [1.165, 1.54) is 45.3 Å². The lowest BCUT2D eigenvalue weighted by atomic mass is 9.83. The second kappa shape index (κ2) is 32.6. The number of rotatable bonds is 21. The van der Waals surface area contributed by atoms with Crippen molar-refractivity contribution >= 4 is 139 Å². The molecule has 2 aromatic carbocycles. The van der Waals surface area contributed by atoms with Gasteiger partial charge >= 0.3 is 0 Å². The zero-order valence-corrected chi connectivity index (χ0v) is 66.1. The molecule has 0 unspecified atom stereocenters. The van der Waals surface area contributed by atoms with Gasteiger partial charge in [-0.25, -0.2) is 29.9 Å². The molecule has 11 rings (SSSR count). The zero-order chi connectivity index (χ0) is 74.1. The standard InChI is InChI=1S/C24H28ClIN4O7.C24H30IN5O7.C19H29Cl2N3O2Si/c1-24(2,3)21(13-5-17(35-4)14(26)6-15(13)30(33)34)36-10-12-8-29(19-7-16(32)18(9-31)37-19)23-20(12)22(25)27-11-28-23;1-24(2,3)21(13-5-17(35-4)14(25)6-15(13)30(33)34)36-10-12-8-29(19-7-16(32)18(9-31)37-19)23-20(12)22(26)27-11-28-23;1-7-13-14(26-27(5,6)19(2,3)4)8-15(25-13)24-10-12(9-20)16-17(21)22-11-23-18(16)24/h5-6,8,11,16,18-19,21,31-32H,7,9-10H2,1-4H3;5-6,8,11,16,18-19,21,31-32H,7,9-10H2,1-4H3,(H2,26,27,28);10-11,13-15H,7-9H2,1-6H3/t2*16-,18-,19-,21-;13-,14-,15-/m111/s1. The van der Waals surface area contributed by atoms with Crippen LogP contribution >= 0.6 is 80.0 Å². The maximum Gasteiger partial charge on any atom is 0.276 e. The molecular weight excluding hydrogens is 1620 g/mol. The van der Waals surface area contributed by atoms with E-state index >= 15 is 0 Å². The van der Waals surface area contributed by atoms with Crippen LogP contribution in [0.1, 0.15) is 154 Å². The van der Waals surface area contributed by atoms with E-state index in [0.717, 1.165) is 29.4 Å². The number of nitro benzene ring substituents is 2. The first-order valence-corrected chi connectivity index (χ1v) is 39.0. The van der Waals surface area contributed by atoms with E-state index in [9.17, 15) is 40.7 Å². The van der Waals surface area contributed by atoms with Crippen LogP contribution in [0.5, 0.6) is 11.5 Å². The van der Waals surface area contributed by atoms with E-state index in [2.05, 4.69) is 70.7 Å². The first kappa shape index (κ1) is 79.8. The number of alkyl halides is 1. The molecule has 3 fully saturated rings. The zero-order valence-electron chi connectivity index (χ0n) is 58.6.